The number of hydrogen-bond donors (Lipinski definition) is 1. The maximum absolute atomic E-state index is 12.3. The van der Waals surface area contributed by atoms with E-state index in [0.29, 0.717) is 10.8 Å². The van der Waals surface area contributed by atoms with E-state index in [-0.39, 0.29) is 5.91 Å². The van der Waals surface area contributed by atoms with Crippen LogP contribution in [0.1, 0.15) is 32.0 Å². The van der Waals surface area contributed by atoms with Gasteiger partial charge in [-0.05, 0) is 52.0 Å². The third kappa shape index (κ3) is 4.35. The average Bonchev–Trinajstić information content (AvgIpc) is 2.89. The number of aromatic nitrogens is 2. The Hall–Kier alpha value is -2.34. The van der Waals surface area contributed by atoms with E-state index >= 15 is 0 Å². The number of hydrogen-bond acceptors (Lipinski definition) is 4. The molecule has 0 aliphatic rings. The molecule has 1 aromatic carbocycles. The van der Waals surface area contributed by atoms with Crippen LogP contribution in [0.25, 0.3) is 0 Å². The predicted octanol–water partition coefficient (Wildman–Crippen LogP) is 3.17. The Labute approximate surface area is 146 Å². The van der Waals surface area contributed by atoms with E-state index in [1.165, 1.54) is 0 Å². The summed E-state index contributed by atoms with van der Waals surface area (Å²) in [7, 11) is 0. The number of ether oxygens (including phenoxy) is 1. The maximum Gasteiger partial charge on any atom is 0.283 e. The lowest BCUT2D eigenvalue weighted by molar-refractivity contribution is -0.134. The Morgan fingerprint density at radius 2 is 2.08 bits per heavy atom. The molecular formula is C17H21ClN4O2. The highest BCUT2D eigenvalue weighted by atomic mass is 35.5. The molecule has 2 aromatic rings. The Morgan fingerprint density at radius 1 is 1.42 bits per heavy atom. The molecule has 24 heavy (non-hydrogen) atoms. The molecule has 0 fully saturated rings. The fourth-order valence-electron chi connectivity index (χ4n) is 2.05. The standard InChI is InChI=1S/C17H21ClN4O2/c1-5-22-12(2)13(11-20-22)10-19-21-16(23)17(3,4)24-15-8-6-14(18)7-9-15/h6-11H,5H2,1-4H3,(H,21,23)/b19-10-. The summed E-state index contributed by atoms with van der Waals surface area (Å²) in [5, 5.41) is 8.82. The normalized spacial score (nSPS) is 11.7. The highest BCUT2D eigenvalue weighted by Crippen LogP contribution is 2.21. The minimum absolute atomic E-state index is 0.353. The van der Waals surface area contributed by atoms with Gasteiger partial charge in [0.15, 0.2) is 5.60 Å². The number of carbonyl (C=O) groups is 1. The van der Waals surface area contributed by atoms with Crippen LogP contribution in [0, 0.1) is 6.92 Å². The predicted molar refractivity (Wildman–Crippen MR) is 94.5 cm³/mol. The Bertz CT molecular complexity index is 736. The van der Waals surface area contributed by atoms with Crippen molar-refractivity contribution in [3.05, 3.63) is 46.7 Å². The van der Waals surface area contributed by atoms with Gasteiger partial charge < -0.3 is 4.74 Å². The SMILES string of the molecule is CCn1ncc(/C=N\NC(=O)C(C)(C)Oc2ccc(Cl)cc2)c1C. The van der Waals surface area contributed by atoms with Crippen LogP contribution >= 0.6 is 11.6 Å². The third-order valence-corrected chi connectivity index (χ3v) is 3.80. The average molecular weight is 349 g/mol. The van der Waals surface area contributed by atoms with Crippen LogP contribution in [0.3, 0.4) is 0 Å². The van der Waals surface area contributed by atoms with Crippen LogP contribution < -0.4 is 10.2 Å². The summed E-state index contributed by atoms with van der Waals surface area (Å²) in [6.45, 7) is 8.10. The van der Waals surface area contributed by atoms with Gasteiger partial charge in [0.1, 0.15) is 5.75 Å². The van der Waals surface area contributed by atoms with Gasteiger partial charge in [0.2, 0.25) is 0 Å². The van der Waals surface area contributed by atoms with Gasteiger partial charge in [-0.15, -0.1) is 0 Å². The Kier molecular flexibility index (Phi) is 5.62. The van der Waals surface area contributed by atoms with E-state index in [4.69, 9.17) is 16.3 Å². The van der Waals surface area contributed by atoms with E-state index in [0.717, 1.165) is 17.8 Å². The monoisotopic (exact) mass is 348 g/mol. The minimum Gasteiger partial charge on any atom is -0.478 e. The lowest BCUT2D eigenvalue weighted by Gasteiger charge is -2.24. The summed E-state index contributed by atoms with van der Waals surface area (Å²) in [6.07, 6.45) is 3.29. The van der Waals surface area contributed by atoms with E-state index in [1.54, 1.807) is 50.5 Å². The lowest BCUT2D eigenvalue weighted by Crippen LogP contribution is -2.44. The smallest absolute Gasteiger partial charge is 0.283 e. The molecule has 0 saturated carbocycles. The summed E-state index contributed by atoms with van der Waals surface area (Å²) >= 11 is 5.84. The van der Waals surface area contributed by atoms with Crippen LogP contribution in [-0.4, -0.2) is 27.5 Å². The molecule has 0 saturated heterocycles. The minimum atomic E-state index is -1.08. The van der Waals surface area contributed by atoms with Crippen LogP contribution in [0.5, 0.6) is 5.75 Å². The highest BCUT2D eigenvalue weighted by Gasteiger charge is 2.29. The summed E-state index contributed by atoms with van der Waals surface area (Å²) in [5.74, 6) is 0.206. The first-order chi connectivity index (χ1) is 11.3. The molecule has 128 valence electrons. The Morgan fingerprint density at radius 3 is 2.67 bits per heavy atom. The van der Waals surface area contributed by atoms with Gasteiger partial charge in [0.05, 0.1) is 12.4 Å². The highest BCUT2D eigenvalue weighted by molar-refractivity contribution is 6.30. The Balaban J connectivity index is 1.98. The van der Waals surface area contributed by atoms with Crippen molar-refractivity contribution in [2.45, 2.75) is 39.8 Å². The topological polar surface area (TPSA) is 68.5 Å². The zero-order valence-corrected chi connectivity index (χ0v) is 15.0. The van der Waals surface area contributed by atoms with Gasteiger partial charge >= 0.3 is 0 Å². The molecule has 1 heterocycles. The van der Waals surface area contributed by atoms with Gasteiger partial charge in [-0.1, -0.05) is 11.6 Å². The van der Waals surface area contributed by atoms with Crippen molar-refractivity contribution in [1.29, 1.82) is 0 Å². The molecule has 0 atom stereocenters. The number of aryl methyl sites for hydroxylation is 1. The summed E-state index contributed by atoms with van der Waals surface area (Å²) in [4.78, 5) is 12.3. The number of nitrogens with zero attached hydrogens (tertiary/aromatic N) is 3. The van der Waals surface area contributed by atoms with Crippen LogP contribution in [0.15, 0.2) is 35.6 Å². The number of benzene rings is 1. The number of hydrazone groups is 1. The largest absolute Gasteiger partial charge is 0.478 e. The second-order valence-electron chi connectivity index (χ2n) is 5.77. The van der Waals surface area contributed by atoms with E-state index < -0.39 is 5.60 Å². The van der Waals surface area contributed by atoms with Crippen LogP contribution in [0.2, 0.25) is 5.02 Å². The molecule has 0 radical (unpaired) electrons. The first kappa shape index (κ1) is 18.0. The zero-order chi connectivity index (χ0) is 17.7. The fourth-order valence-corrected chi connectivity index (χ4v) is 2.17. The molecular weight excluding hydrogens is 328 g/mol. The van der Waals surface area contributed by atoms with Crippen molar-refractivity contribution >= 4 is 23.7 Å². The summed E-state index contributed by atoms with van der Waals surface area (Å²) in [6, 6.07) is 6.83. The number of halogens is 1. The number of carbonyl (C=O) groups excluding carboxylic acids is 1. The third-order valence-electron chi connectivity index (χ3n) is 3.54. The van der Waals surface area contributed by atoms with Crippen molar-refractivity contribution < 1.29 is 9.53 Å². The van der Waals surface area contributed by atoms with Gasteiger partial charge in [-0.2, -0.15) is 10.2 Å². The molecule has 1 N–H and O–H groups in total. The summed E-state index contributed by atoms with van der Waals surface area (Å²) < 4.78 is 7.56. The first-order valence-corrected chi connectivity index (χ1v) is 8.01. The second-order valence-corrected chi connectivity index (χ2v) is 6.20. The van der Waals surface area contributed by atoms with Crippen molar-refractivity contribution in [3.8, 4) is 5.75 Å². The van der Waals surface area contributed by atoms with Crippen LogP contribution in [0.4, 0.5) is 0 Å². The zero-order valence-electron chi connectivity index (χ0n) is 14.2. The van der Waals surface area contributed by atoms with Crippen molar-refractivity contribution in [2.75, 3.05) is 0 Å². The lowest BCUT2D eigenvalue weighted by atomic mass is 10.1. The molecule has 1 amide bonds. The fraction of sp³-hybridized carbons (Fsp3) is 0.353. The number of nitrogens with one attached hydrogen (secondary N) is 1. The molecule has 2 rings (SSSR count). The molecule has 0 aliphatic heterocycles. The second kappa shape index (κ2) is 7.49. The number of rotatable bonds is 6. The molecule has 0 aliphatic carbocycles. The quantitative estimate of drug-likeness (QED) is 0.644. The van der Waals surface area contributed by atoms with Gasteiger partial charge in [-0.25, -0.2) is 5.43 Å². The molecule has 0 bridgehead atoms. The molecule has 0 unspecified atom stereocenters. The van der Waals surface area contributed by atoms with Crippen LogP contribution in [-0.2, 0) is 11.3 Å². The van der Waals surface area contributed by atoms with Crippen molar-refractivity contribution in [3.63, 3.8) is 0 Å². The van der Waals surface area contributed by atoms with Crippen molar-refractivity contribution in [1.82, 2.24) is 15.2 Å². The van der Waals surface area contributed by atoms with Crippen molar-refractivity contribution in [2.24, 2.45) is 5.10 Å². The van der Waals surface area contributed by atoms with E-state index in [9.17, 15) is 4.79 Å². The van der Waals surface area contributed by atoms with E-state index in [1.807, 2.05) is 18.5 Å². The van der Waals surface area contributed by atoms with Gasteiger partial charge in [-0.3, -0.25) is 9.48 Å². The molecule has 1 aromatic heterocycles. The molecule has 0 spiro atoms. The van der Waals surface area contributed by atoms with E-state index in [2.05, 4.69) is 15.6 Å². The number of amides is 1. The van der Waals surface area contributed by atoms with Gasteiger partial charge in [0.25, 0.3) is 5.91 Å². The summed E-state index contributed by atoms with van der Waals surface area (Å²) in [5.41, 5.74) is 3.27. The molecule has 6 nitrogen and oxygen atoms in total. The maximum atomic E-state index is 12.3. The van der Waals surface area contributed by atoms with Gasteiger partial charge in [0, 0.05) is 22.8 Å². The molecule has 7 heteroatoms. The first-order valence-electron chi connectivity index (χ1n) is 7.64.